The molecular weight excluding hydrogens is 490 g/mol. The number of cyclic esters (lactones) is 1. The average molecular weight is 518 g/mol. The number of para-hydroxylation sites is 1. The van der Waals surface area contributed by atoms with Crippen LogP contribution in [0.3, 0.4) is 0 Å². The van der Waals surface area contributed by atoms with Crippen LogP contribution in [0, 0.1) is 6.92 Å². The molecule has 8 heteroatoms. The SMILES string of the molecule is Cc1cccc2c1N(C1CCN(CC(=O)Nc3ccc4c(c3)C(=O)c3ccccc3-4)CC1)C(=O)OC2.Cl. The molecule has 1 saturated heterocycles. The Balaban J connectivity index is 0.00000280. The quantitative estimate of drug-likeness (QED) is 0.403. The third kappa shape index (κ3) is 4.49. The maximum absolute atomic E-state index is 12.8. The van der Waals surface area contributed by atoms with Crippen LogP contribution in [0.4, 0.5) is 16.2 Å². The van der Waals surface area contributed by atoms with Crippen LogP contribution >= 0.6 is 12.4 Å². The van der Waals surface area contributed by atoms with Gasteiger partial charge in [-0.15, -0.1) is 12.4 Å². The number of ketones is 1. The van der Waals surface area contributed by atoms with Crippen molar-refractivity contribution in [2.75, 3.05) is 29.9 Å². The van der Waals surface area contributed by atoms with E-state index in [-0.39, 0.29) is 42.8 Å². The van der Waals surface area contributed by atoms with E-state index in [1.807, 2.05) is 66.4 Å². The Labute approximate surface area is 221 Å². The molecule has 3 aromatic rings. The molecule has 0 spiro atoms. The topological polar surface area (TPSA) is 79.0 Å². The zero-order valence-corrected chi connectivity index (χ0v) is 21.3. The number of ether oxygens (including phenoxy) is 1. The predicted octanol–water partition coefficient (Wildman–Crippen LogP) is 5.19. The van der Waals surface area contributed by atoms with E-state index in [1.165, 1.54) is 0 Å². The Morgan fingerprint density at radius 1 is 0.946 bits per heavy atom. The monoisotopic (exact) mass is 517 g/mol. The lowest BCUT2D eigenvalue weighted by Crippen LogP contribution is -2.50. The highest BCUT2D eigenvalue weighted by molar-refractivity contribution is 6.22. The van der Waals surface area contributed by atoms with Crippen molar-refractivity contribution in [1.29, 1.82) is 0 Å². The highest BCUT2D eigenvalue weighted by Crippen LogP contribution is 2.38. The van der Waals surface area contributed by atoms with Crippen molar-refractivity contribution < 1.29 is 19.1 Å². The lowest BCUT2D eigenvalue weighted by molar-refractivity contribution is -0.117. The van der Waals surface area contributed by atoms with E-state index in [2.05, 4.69) is 10.2 Å². The van der Waals surface area contributed by atoms with Crippen LogP contribution in [0.5, 0.6) is 0 Å². The van der Waals surface area contributed by atoms with Crippen molar-refractivity contribution in [3.63, 3.8) is 0 Å². The number of piperidine rings is 1. The normalized spacial score (nSPS) is 16.8. The second-order valence-corrected chi connectivity index (χ2v) is 9.70. The summed E-state index contributed by atoms with van der Waals surface area (Å²) in [4.78, 5) is 42.1. The molecule has 2 amide bonds. The number of carbonyl (C=O) groups excluding carboxylic acids is 3. The molecule has 1 aliphatic carbocycles. The van der Waals surface area contributed by atoms with Crippen molar-refractivity contribution in [2.45, 2.75) is 32.4 Å². The van der Waals surface area contributed by atoms with Gasteiger partial charge in [-0.05, 0) is 48.6 Å². The summed E-state index contributed by atoms with van der Waals surface area (Å²) in [6, 6.07) is 19.1. The minimum atomic E-state index is -0.290. The fraction of sp³-hybridized carbons (Fsp3) is 0.276. The maximum atomic E-state index is 12.8. The number of nitrogens with zero attached hydrogens (tertiary/aromatic N) is 2. The number of aryl methyl sites for hydroxylation is 1. The molecule has 1 fully saturated rings. The van der Waals surface area contributed by atoms with E-state index in [1.54, 1.807) is 6.07 Å². The molecule has 0 aromatic heterocycles. The molecule has 190 valence electrons. The van der Waals surface area contributed by atoms with Gasteiger partial charge in [-0.2, -0.15) is 0 Å². The molecule has 0 atom stereocenters. The zero-order valence-electron chi connectivity index (χ0n) is 20.5. The summed E-state index contributed by atoms with van der Waals surface area (Å²) in [7, 11) is 0. The lowest BCUT2D eigenvalue weighted by atomic mass is 9.99. The van der Waals surface area contributed by atoms with Gasteiger partial charge in [-0.3, -0.25) is 19.4 Å². The van der Waals surface area contributed by atoms with Crippen molar-refractivity contribution in [3.8, 4) is 11.1 Å². The van der Waals surface area contributed by atoms with Crippen molar-refractivity contribution in [3.05, 3.63) is 82.9 Å². The Bertz CT molecular complexity index is 1400. The first kappa shape index (κ1) is 25.0. The first-order valence-corrected chi connectivity index (χ1v) is 12.3. The van der Waals surface area contributed by atoms with Crippen LogP contribution in [-0.4, -0.2) is 48.4 Å². The van der Waals surface area contributed by atoms with Gasteiger partial charge < -0.3 is 10.1 Å². The van der Waals surface area contributed by atoms with Crippen LogP contribution in [-0.2, 0) is 16.1 Å². The number of hydrogen-bond donors (Lipinski definition) is 1. The highest BCUT2D eigenvalue weighted by Gasteiger charge is 2.35. The Hall–Kier alpha value is -3.68. The minimum absolute atomic E-state index is 0. The molecule has 0 bridgehead atoms. The standard InChI is InChI=1S/C29H27N3O4.ClH/c1-18-5-4-6-19-17-36-29(35)32(27(18)19)21-11-13-31(14-12-21)16-26(33)30-20-9-10-23-22-7-2-3-8-24(22)28(34)25(23)15-20;/h2-10,15,21H,11-14,16-17H2,1H3,(H,30,33);1H. The van der Waals surface area contributed by atoms with Gasteiger partial charge in [-0.1, -0.05) is 48.5 Å². The molecule has 3 aromatic carbocycles. The van der Waals surface area contributed by atoms with E-state index in [0.29, 0.717) is 36.5 Å². The summed E-state index contributed by atoms with van der Waals surface area (Å²) in [6.45, 7) is 4.01. The number of fused-ring (bicyclic) bond motifs is 4. The molecule has 0 radical (unpaired) electrons. The number of rotatable bonds is 4. The largest absolute Gasteiger partial charge is 0.444 e. The summed E-state index contributed by atoms with van der Waals surface area (Å²) in [5, 5.41) is 2.95. The zero-order chi connectivity index (χ0) is 24.8. The Kier molecular flexibility index (Phi) is 6.75. The summed E-state index contributed by atoms with van der Waals surface area (Å²) in [5.41, 5.74) is 6.87. The first-order valence-electron chi connectivity index (χ1n) is 12.3. The summed E-state index contributed by atoms with van der Waals surface area (Å²) in [6.07, 6.45) is 1.24. The van der Waals surface area contributed by atoms with E-state index >= 15 is 0 Å². The number of nitrogens with one attached hydrogen (secondary N) is 1. The first-order chi connectivity index (χ1) is 17.5. The summed E-state index contributed by atoms with van der Waals surface area (Å²) < 4.78 is 5.43. The van der Waals surface area contributed by atoms with E-state index in [9.17, 15) is 14.4 Å². The van der Waals surface area contributed by atoms with Gasteiger partial charge in [0.25, 0.3) is 0 Å². The van der Waals surface area contributed by atoms with Crippen LogP contribution < -0.4 is 10.2 Å². The number of likely N-dealkylation sites (tertiary alicyclic amines) is 1. The summed E-state index contributed by atoms with van der Waals surface area (Å²) in [5.74, 6) is -0.123. The Morgan fingerprint density at radius 3 is 2.46 bits per heavy atom. The highest BCUT2D eigenvalue weighted by atomic mass is 35.5. The molecule has 0 saturated carbocycles. The fourth-order valence-corrected chi connectivity index (χ4v) is 5.66. The van der Waals surface area contributed by atoms with E-state index in [0.717, 1.165) is 40.8 Å². The second kappa shape index (κ2) is 10.00. The third-order valence-electron chi connectivity index (χ3n) is 7.41. The van der Waals surface area contributed by atoms with Gasteiger partial charge in [0, 0.05) is 41.5 Å². The van der Waals surface area contributed by atoms with Gasteiger partial charge in [0.05, 0.1) is 12.2 Å². The van der Waals surface area contributed by atoms with Crippen molar-refractivity contribution >= 4 is 41.6 Å². The van der Waals surface area contributed by atoms with E-state index < -0.39 is 0 Å². The molecular formula is C29H28ClN3O4. The number of anilines is 2. The fourth-order valence-electron chi connectivity index (χ4n) is 5.66. The second-order valence-electron chi connectivity index (χ2n) is 9.70. The average Bonchev–Trinajstić information content (AvgIpc) is 3.16. The maximum Gasteiger partial charge on any atom is 0.414 e. The van der Waals surface area contributed by atoms with Crippen LogP contribution in [0.25, 0.3) is 11.1 Å². The molecule has 0 unspecified atom stereocenters. The lowest BCUT2D eigenvalue weighted by Gasteiger charge is -2.40. The molecule has 3 aliphatic rings. The molecule has 2 heterocycles. The molecule has 7 nitrogen and oxygen atoms in total. The smallest absolute Gasteiger partial charge is 0.414 e. The third-order valence-corrected chi connectivity index (χ3v) is 7.41. The molecule has 1 N–H and O–H groups in total. The minimum Gasteiger partial charge on any atom is -0.444 e. The van der Waals surface area contributed by atoms with Gasteiger partial charge in [-0.25, -0.2) is 4.79 Å². The van der Waals surface area contributed by atoms with E-state index in [4.69, 9.17) is 4.74 Å². The molecule has 37 heavy (non-hydrogen) atoms. The van der Waals surface area contributed by atoms with Crippen LogP contribution in [0.2, 0.25) is 0 Å². The van der Waals surface area contributed by atoms with Crippen LogP contribution in [0.1, 0.15) is 39.9 Å². The predicted molar refractivity (Wildman–Crippen MR) is 144 cm³/mol. The van der Waals surface area contributed by atoms with Gasteiger partial charge >= 0.3 is 6.09 Å². The van der Waals surface area contributed by atoms with Crippen molar-refractivity contribution in [2.24, 2.45) is 0 Å². The number of benzene rings is 3. The number of carbonyl (C=O) groups is 3. The Morgan fingerprint density at radius 2 is 1.68 bits per heavy atom. The van der Waals surface area contributed by atoms with Crippen LogP contribution in [0.15, 0.2) is 60.7 Å². The van der Waals surface area contributed by atoms with Gasteiger partial charge in [0.1, 0.15) is 6.61 Å². The number of hydrogen-bond acceptors (Lipinski definition) is 5. The van der Waals surface area contributed by atoms with Gasteiger partial charge in [0.15, 0.2) is 5.78 Å². The molecule has 2 aliphatic heterocycles. The van der Waals surface area contributed by atoms with Gasteiger partial charge in [0.2, 0.25) is 5.91 Å². The summed E-state index contributed by atoms with van der Waals surface area (Å²) >= 11 is 0. The number of halogens is 1. The number of amides is 2. The molecule has 6 rings (SSSR count). The van der Waals surface area contributed by atoms with Crippen molar-refractivity contribution in [1.82, 2.24) is 4.90 Å².